The largest absolute Gasteiger partial charge is 0.468 e. The number of methoxy groups -OCH3 is 2. The molecule has 1 aromatic carbocycles. The summed E-state index contributed by atoms with van der Waals surface area (Å²) >= 11 is 0. The van der Waals surface area contributed by atoms with E-state index in [1.165, 1.54) is 32.4 Å². The fourth-order valence-electron chi connectivity index (χ4n) is 1.62. The first-order valence-electron chi connectivity index (χ1n) is 5.96. The number of ether oxygens (including phenoxy) is 2. The molecule has 0 aliphatic carbocycles. The summed E-state index contributed by atoms with van der Waals surface area (Å²) in [4.78, 5) is 36.0. The van der Waals surface area contributed by atoms with E-state index in [1.807, 2.05) is 0 Å². The maximum Gasteiger partial charge on any atom is 0.325 e. The van der Waals surface area contributed by atoms with Gasteiger partial charge in [0.25, 0.3) is 5.91 Å². The van der Waals surface area contributed by atoms with Crippen LogP contribution in [-0.2, 0) is 19.1 Å². The first kappa shape index (κ1) is 16.3. The molecular weight excluding hydrogens is 278 g/mol. The van der Waals surface area contributed by atoms with Gasteiger partial charge >= 0.3 is 11.9 Å². The molecule has 0 bridgehead atoms. The predicted octanol–water partition coefficient (Wildman–Crippen LogP) is -0.361. The van der Waals surface area contributed by atoms with E-state index in [4.69, 9.17) is 11.5 Å². The number of amides is 1. The molecule has 0 aliphatic heterocycles. The highest BCUT2D eigenvalue weighted by Crippen LogP contribution is 2.15. The van der Waals surface area contributed by atoms with Gasteiger partial charge in [0.1, 0.15) is 13.1 Å². The Morgan fingerprint density at radius 1 is 0.952 bits per heavy atom. The van der Waals surface area contributed by atoms with E-state index in [1.54, 1.807) is 0 Å². The average Bonchev–Trinajstić information content (AvgIpc) is 2.44. The summed E-state index contributed by atoms with van der Waals surface area (Å²) in [6.07, 6.45) is 0. The number of esters is 2. The summed E-state index contributed by atoms with van der Waals surface area (Å²) in [6, 6.07) is 4.29. The van der Waals surface area contributed by atoms with E-state index in [-0.39, 0.29) is 18.7 Å². The molecule has 1 rings (SSSR count). The van der Waals surface area contributed by atoms with Crippen molar-refractivity contribution in [1.29, 1.82) is 0 Å². The Labute approximate surface area is 121 Å². The van der Waals surface area contributed by atoms with Crippen molar-refractivity contribution >= 4 is 29.2 Å². The minimum Gasteiger partial charge on any atom is -0.468 e. The number of carbonyl (C=O) groups excluding carboxylic acids is 3. The number of nitrogens with two attached hydrogens (primary N) is 2. The number of anilines is 2. The smallest absolute Gasteiger partial charge is 0.325 e. The van der Waals surface area contributed by atoms with Crippen molar-refractivity contribution in [2.45, 2.75) is 0 Å². The SMILES string of the molecule is COC(=O)CN(CC(=O)OC)C(=O)c1cc(N)cc(N)c1. The van der Waals surface area contributed by atoms with Crippen molar-refractivity contribution in [2.24, 2.45) is 0 Å². The van der Waals surface area contributed by atoms with Crippen LogP contribution in [0, 0.1) is 0 Å². The first-order valence-corrected chi connectivity index (χ1v) is 5.96. The summed E-state index contributed by atoms with van der Waals surface area (Å²) in [5, 5.41) is 0. The van der Waals surface area contributed by atoms with Gasteiger partial charge in [-0.2, -0.15) is 0 Å². The maximum absolute atomic E-state index is 12.4. The number of hydrogen-bond donors (Lipinski definition) is 2. The second-order valence-corrected chi connectivity index (χ2v) is 4.20. The third kappa shape index (κ3) is 4.68. The van der Waals surface area contributed by atoms with Gasteiger partial charge in [0.2, 0.25) is 0 Å². The highest BCUT2D eigenvalue weighted by Gasteiger charge is 2.22. The van der Waals surface area contributed by atoms with Crippen LogP contribution in [0.3, 0.4) is 0 Å². The Kier molecular flexibility index (Phi) is 5.53. The van der Waals surface area contributed by atoms with Crippen LogP contribution in [0.1, 0.15) is 10.4 Å². The van der Waals surface area contributed by atoms with Crippen LogP contribution in [0.4, 0.5) is 11.4 Å². The second-order valence-electron chi connectivity index (χ2n) is 4.20. The molecule has 0 spiro atoms. The molecule has 0 unspecified atom stereocenters. The molecule has 0 heterocycles. The lowest BCUT2D eigenvalue weighted by Crippen LogP contribution is -2.40. The Hall–Kier alpha value is -2.77. The molecule has 8 nitrogen and oxygen atoms in total. The normalized spacial score (nSPS) is 9.81. The summed E-state index contributed by atoms with van der Waals surface area (Å²) in [6.45, 7) is -0.779. The summed E-state index contributed by atoms with van der Waals surface area (Å²) < 4.78 is 8.99. The highest BCUT2D eigenvalue weighted by molar-refractivity contribution is 5.99. The van der Waals surface area contributed by atoms with Crippen molar-refractivity contribution in [3.8, 4) is 0 Å². The maximum atomic E-state index is 12.4. The Balaban J connectivity index is 3.02. The van der Waals surface area contributed by atoms with Crippen LogP contribution in [0.2, 0.25) is 0 Å². The van der Waals surface area contributed by atoms with Gasteiger partial charge in [0.15, 0.2) is 0 Å². The molecule has 1 aromatic rings. The molecule has 21 heavy (non-hydrogen) atoms. The first-order chi connectivity index (χ1) is 9.87. The van der Waals surface area contributed by atoms with E-state index >= 15 is 0 Å². The van der Waals surface area contributed by atoms with Gasteiger partial charge in [-0.05, 0) is 18.2 Å². The van der Waals surface area contributed by atoms with E-state index in [0.717, 1.165) is 4.90 Å². The molecule has 0 saturated heterocycles. The Bertz CT molecular complexity index is 520. The number of benzene rings is 1. The average molecular weight is 295 g/mol. The van der Waals surface area contributed by atoms with Gasteiger partial charge in [0.05, 0.1) is 14.2 Å². The lowest BCUT2D eigenvalue weighted by atomic mass is 10.1. The zero-order valence-electron chi connectivity index (χ0n) is 11.8. The van der Waals surface area contributed by atoms with Crippen molar-refractivity contribution in [2.75, 3.05) is 38.8 Å². The van der Waals surface area contributed by atoms with Crippen molar-refractivity contribution in [3.05, 3.63) is 23.8 Å². The molecule has 114 valence electrons. The summed E-state index contributed by atoms with van der Waals surface area (Å²) in [5.74, 6) is -1.90. The molecule has 0 aromatic heterocycles. The second kappa shape index (κ2) is 7.13. The van der Waals surface area contributed by atoms with Gasteiger partial charge in [0, 0.05) is 16.9 Å². The summed E-state index contributed by atoms with van der Waals surface area (Å²) in [7, 11) is 2.36. The molecule has 0 fully saturated rings. The number of nitrogens with zero attached hydrogens (tertiary/aromatic N) is 1. The Morgan fingerprint density at radius 3 is 1.76 bits per heavy atom. The van der Waals surface area contributed by atoms with E-state index in [0.29, 0.717) is 11.4 Å². The van der Waals surface area contributed by atoms with Gasteiger partial charge in [-0.3, -0.25) is 14.4 Å². The van der Waals surface area contributed by atoms with Crippen LogP contribution < -0.4 is 11.5 Å². The zero-order valence-corrected chi connectivity index (χ0v) is 11.8. The van der Waals surface area contributed by atoms with Crippen LogP contribution in [-0.4, -0.2) is 50.1 Å². The van der Waals surface area contributed by atoms with Crippen molar-refractivity contribution < 1.29 is 23.9 Å². The number of nitrogen functional groups attached to an aromatic ring is 2. The third-order valence-corrected chi connectivity index (χ3v) is 2.61. The number of rotatable bonds is 5. The van der Waals surface area contributed by atoms with Crippen LogP contribution in [0.25, 0.3) is 0 Å². The molecule has 8 heteroatoms. The monoisotopic (exact) mass is 295 g/mol. The molecule has 4 N–H and O–H groups in total. The number of hydrogen-bond acceptors (Lipinski definition) is 7. The van der Waals surface area contributed by atoms with Gasteiger partial charge in [-0.1, -0.05) is 0 Å². The third-order valence-electron chi connectivity index (χ3n) is 2.61. The molecule has 0 aliphatic rings. The number of carbonyl (C=O) groups is 3. The molecule has 0 saturated carbocycles. The molecule has 0 radical (unpaired) electrons. The minimum absolute atomic E-state index is 0.167. The fraction of sp³-hybridized carbons (Fsp3) is 0.308. The topological polar surface area (TPSA) is 125 Å². The summed E-state index contributed by atoms with van der Waals surface area (Å²) in [5.41, 5.74) is 12.0. The Morgan fingerprint density at radius 2 is 1.38 bits per heavy atom. The standard InChI is InChI=1S/C13H17N3O5/c1-20-11(17)6-16(7-12(18)21-2)13(19)8-3-9(14)5-10(15)4-8/h3-5H,6-7,14-15H2,1-2H3. The molecular formula is C13H17N3O5. The molecule has 0 atom stereocenters. The van der Waals surface area contributed by atoms with Crippen molar-refractivity contribution in [1.82, 2.24) is 4.90 Å². The predicted molar refractivity (Wildman–Crippen MR) is 75.2 cm³/mol. The lowest BCUT2D eigenvalue weighted by Gasteiger charge is -2.20. The highest BCUT2D eigenvalue weighted by atomic mass is 16.5. The van der Waals surface area contributed by atoms with Crippen molar-refractivity contribution in [3.63, 3.8) is 0 Å². The van der Waals surface area contributed by atoms with Crippen LogP contribution in [0.5, 0.6) is 0 Å². The van der Waals surface area contributed by atoms with E-state index < -0.39 is 17.8 Å². The van der Waals surface area contributed by atoms with Gasteiger partial charge in [-0.25, -0.2) is 0 Å². The van der Waals surface area contributed by atoms with Crippen LogP contribution >= 0.6 is 0 Å². The quantitative estimate of drug-likeness (QED) is 0.561. The fourth-order valence-corrected chi connectivity index (χ4v) is 1.62. The van der Waals surface area contributed by atoms with E-state index in [9.17, 15) is 14.4 Å². The molecule has 1 amide bonds. The van der Waals surface area contributed by atoms with Crippen LogP contribution in [0.15, 0.2) is 18.2 Å². The van der Waals surface area contributed by atoms with Gasteiger partial charge < -0.3 is 25.8 Å². The minimum atomic E-state index is -0.663. The zero-order chi connectivity index (χ0) is 16.0. The lowest BCUT2D eigenvalue weighted by molar-refractivity contribution is -0.144. The van der Waals surface area contributed by atoms with Gasteiger partial charge in [-0.15, -0.1) is 0 Å². The van der Waals surface area contributed by atoms with E-state index in [2.05, 4.69) is 9.47 Å².